The molecule has 2 aromatic carbocycles. The number of piperazine rings is 1. The standard InChI is InChI=1S/C29H36FN5O2/c1-29(2,3)23-12-10-21(11-13-23)27-31-26(37-32-27)20-33-14-6-7-22(19-33)28(36)35-17-15-34(16-18-35)25-9-5-4-8-24(25)30/h4-5,8-13,22H,6-7,14-20H2,1-3H3. The van der Waals surface area contributed by atoms with Crippen LogP contribution >= 0.6 is 0 Å². The number of benzene rings is 2. The Bertz CT molecular complexity index is 1210. The molecule has 2 aliphatic rings. The first-order valence-corrected chi connectivity index (χ1v) is 13.2. The number of para-hydroxylation sites is 1. The molecule has 1 atom stereocenters. The highest BCUT2D eigenvalue weighted by Crippen LogP contribution is 2.26. The Morgan fingerprint density at radius 2 is 1.76 bits per heavy atom. The van der Waals surface area contributed by atoms with Gasteiger partial charge < -0.3 is 14.3 Å². The lowest BCUT2D eigenvalue weighted by atomic mass is 9.87. The zero-order valence-electron chi connectivity index (χ0n) is 22.0. The van der Waals surface area contributed by atoms with Gasteiger partial charge in [0.15, 0.2) is 0 Å². The molecule has 0 spiro atoms. The van der Waals surface area contributed by atoms with E-state index < -0.39 is 0 Å². The van der Waals surface area contributed by atoms with Crippen LogP contribution in [0.25, 0.3) is 11.4 Å². The van der Waals surface area contributed by atoms with Gasteiger partial charge in [0.05, 0.1) is 18.2 Å². The number of hydrogen-bond donors (Lipinski definition) is 0. The van der Waals surface area contributed by atoms with E-state index >= 15 is 0 Å². The number of amides is 1. The first-order valence-electron chi connectivity index (χ1n) is 13.2. The average molecular weight is 506 g/mol. The molecule has 7 nitrogen and oxygen atoms in total. The van der Waals surface area contributed by atoms with E-state index in [0.29, 0.717) is 56.7 Å². The number of carbonyl (C=O) groups is 1. The number of anilines is 1. The van der Waals surface area contributed by atoms with Gasteiger partial charge in [-0.1, -0.05) is 62.3 Å². The van der Waals surface area contributed by atoms with Gasteiger partial charge in [0.25, 0.3) is 0 Å². The lowest BCUT2D eigenvalue weighted by Gasteiger charge is -2.39. The molecule has 8 heteroatoms. The smallest absolute Gasteiger partial charge is 0.241 e. The highest BCUT2D eigenvalue weighted by atomic mass is 19.1. The van der Waals surface area contributed by atoms with Crippen molar-refractivity contribution in [2.24, 2.45) is 5.92 Å². The summed E-state index contributed by atoms with van der Waals surface area (Å²) in [4.78, 5) is 24.1. The van der Waals surface area contributed by atoms with Crippen molar-refractivity contribution in [3.05, 3.63) is 65.8 Å². The summed E-state index contributed by atoms with van der Waals surface area (Å²) in [5.41, 5.74) is 2.90. The molecule has 3 heterocycles. The molecule has 37 heavy (non-hydrogen) atoms. The van der Waals surface area contributed by atoms with Crippen molar-refractivity contribution in [3.8, 4) is 11.4 Å². The van der Waals surface area contributed by atoms with Crippen molar-refractivity contribution in [3.63, 3.8) is 0 Å². The lowest BCUT2D eigenvalue weighted by molar-refractivity contribution is -0.137. The predicted octanol–water partition coefficient (Wildman–Crippen LogP) is 4.73. The third-order valence-electron chi connectivity index (χ3n) is 7.48. The van der Waals surface area contributed by atoms with E-state index in [9.17, 15) is 9.18 Å². The maximum absolute atomic E-state index is 14.2. The zero-order chi connectivity index (χ0) is 26.0. The minimum absolute atomic E-state index is 0.0407. The largest absolute Gasteiger partial charge is 0.366 e. The number of carbonyl (C=O) groups excluding carboxylic acids is 1. The molecule has 3 aromatic rings. The Hall–Kier alpha value is -3.26. The highest BCUT2D eigenvalue weighted by molar-refractivity contribution is 5.79. The molecule has 1 aromatic heterocycles. The number of piperidine rings is 1. The monoisotopic (exact) mass is 505 g/mol. The number of likely N-dealkylation sites (tertiary alicyclic amines) is 1. The average Bonchev–Trinajstić information content (AvgIpc) is 3.37. The predicted molar refractivity (Wildman–Crippen MR) is 142 cm³/mol. The Kier molecular flexibility index (Phi) is 7.29. The van der Waals surface area contributed by atoms with E-state index in [2.05, 4.69) is 47.9 Å². The summed E-state index contributed by atoms with van der Waals surface area (Å²) in [5, 5.41) is 4.19. The summed E-state index contributed by atoms with van der Waals surface area (Å²) < 4.78 is 19.7. The van der Waals surface area contributed by atoms with E-state index in [1.165, 1.54) is 11.6 Å². The van der Waals surface area contributed by atoms with E-state index in [1.807, 2.05) is 28.0 Å². The second-order valence-electron chi connectivity index (χ2n) is 11.2. The third-order valence-corrected chi connectivity index (χ3v) is 7.48. The molecule has 1 amide bonds. The second kappa shape index (κ2) is 10.6. The van der Waals surface area contributed by atoms with E-state index in [1.54, 1.807) is 12.1 Å². The topological polar surface area (TPSA) is 65.7 Å². The summed E-state index contributed by atoms with van der Waals surface area (Å²) in [7, 11) is 0. The van der Waals surface area contributed by atoms with Crippen LogP contribution < -0.4 is 4.90 Å². The Morgan fingerprint density at radius 1 is 1.03 bits per heavy atom. The van der Waals surface area contributed by atoms with Crippen LogP contribution in [-0.2, 0) is 16.8 Å². The van der Waals surface area contributed by atoms with Gasteiger partial charge in [-0.25, -0.2) is 4.39 Å². The van der Waals surface area contributed by atoms with Gasteiger partial charge in [0.2, 0.25) is 17.6 Å². The highest BCUT2D eigenvalue weighted by Gasteiger charge is 2.32. The first-order chi connectivity index (χ1) is 17.8. The number of aromatic nitrogens is 2. The number of halogens is 1. The molecule has 0 saturated carbocycles. The minimum Gasteiger partial charge on any atom is -0.366 e. The van der Waals surface area contributed by atoms with E-state index in [0.717, 1.165) is 24.9 Å². The third kappa shape index (κ3) is 5.85. The van der Waals surface area contributed by atoms with Gasteiger partial charge in [-0.3, -0.25) is 9.69 Å². The van der Waals surface area contributed by atoms with Crippen molar-refractivity contribution < 1.29 is 13.7 Å². The summed E-state index contributed by atoms with van der Waals surface area (Å²) >= 11 is 0. The van der Waals surface area contributed by atoms with Crippen molar-refractivity contribution >= 4 is 11.6 Å². The first kappa shape index (κ1) is 25.4. The summed E-state index contributed by atoms with van der Waals surface area (Å²) in [6.45, 7) is 11.2. The molecule has 0 bridgehead atoms. The second-order valence-corrected chi connectivity index (χ2v) is 11.2. The molecular formula is C29H36FN5O2. The van der Waals surface area contributed by atoms with Crippen LogP contribution in [0.3, 0.4) is 0 Å². The SMILES string of the molecule is CC(C)(C)c1ccc(-c2noc(CN3CCCC(C(=O)N4CCN(c5ccccc5F)CC4)C3)n2)cc1. The van der Waals surface area contributed by atoms with Crippen LogP contribution in [0, 0.1) is 11.7 Å². The minimum atomic E-state index is -0.212. The van der Waals surface area contributed by atoms with Crippen molar-refractivity contribution in [1.82, 2.24) is 19.9 Å². The van der Waals surface area contributed by atoms with Crippen LogP contribution in [0.4, 0.5) is 10.1 Å². The fourth-order valence-electron chi connectivity index (χ4n) is 5.28. The van der Waals surface area contributed by atoms with Gasteiger partial charge >= 0.3 is 0 Å². The number of rotatable bonds is 5. The van der Waals surface area contributed by atoms with Crippen LogP contribution in [0.5, 0.6) is 0 Å². The maximum Gasteiger partial charge on any atom is 0.241 e. The normalized spacial score (nSPS) is 19.3. The molecule has 2 fully saturated rings. The molecule has 5 rings (SSSR count). The van der Waals surface area contributed by atoms with Gasteiger partial charge in [-0.2, -0.15) is 4.98 Å². The maximum atomic E-state index is 14.2. The summed E-state index contributed by atoms with van der Waals surface area (Å²) in [6.07, 6.45) is 1.85. The van der Waals surface area contributed by atoms with Gasteiger partial charge in [0.1, 0.15) is 5.82 Å². The number of nitrogens with zero attached hydrogens (tertiary/aromatic N) is 5. The molecule has 2 saturated heterocycles. The van der Waals surface area contributed by atoms with Gasteiger partial charge in [0, 0.05) is 38.3 Å². The van der Waals surface area contributed by atoms with Crippen LogP contribution in [0.15, 0.2) is 53.1 Å². The Labute approximate surface area is 218 Å². The van der Waals surface area contributed by atoms with Crippen molar-refractivity contribution in [1.29, 1.82) is 0 Å². The van der Waals surface area contributed by atoms with Gasteiger partial charge in [-0.15, -0.1) is 0 Å². The van der Waals surface area contributed by atoms with Crippen LogP contribution in [-0.4, -0.2) is 65.1 Å². The zero-order valence-corrected chi connectivity index (χ0v) is 22.0. The van der Waals surface area contributed by atoms with E-state index in [4.69, 9.17) is 4.52 Å². The molecule has 2 aliphatic heterocycles. The molecule has 0 aliphatic carbocycles. The number of hydrogen-bond acceptors (Lipinski definition) is 6. The summed E-state index contributed by atoms with van der Waals surface area (Å²) in [5.74, 6) is 1.11. The molecule has 0 radical (unpaired) electrons. The van der Waals surface area contributed by atoms with Crippen molar-refractivity contribution in [2.75, 3.05) is 44.2 Å². The molecule has 196 valence electrons. The van der Waals surface area contributed by atoms with Crippen molar-refractivity contribution in [2.45, 2.75) is 45.6 Å². The van der Waals surface area contributed by atoms with Crippen LogP contribution in [0.1, 0.15) is 45.1 Å². The van der Waals surface area contributed by atoms with Crippen LogP contribution in [0.2, 0.25) is 0 Å². The Morgan fingerprint density at radius 3 is 2.46 bits per heavy atom. The molecular weight excluding hydrogens is 469 g/mol. The summed E-state index contributed by atoms with van der Waals surface area (Å²) in [6, 6.07) is 15.1. The fourth-order valence-corrected chi connectivity index (χ4v) is 5.28. The fraction of sp³-hybridized carbons (Fsp3) is 0.483. The molecule has 1 unspecified atom stereocenters. The van der Waals surface area contributed by atoms with Gasteiger partial charge in [-0.05, 0) is 42.5 Å². The van der Waals surface area contributed by atoms with E-state index in [-0.39, 0.29) is 23.1 Å². The Balaban J connectivity index is 1.15. The lowest BCUT2D eigenvalue weighted by Crippen LogP contribution is -2.52. The molecule has 0 N–H and O–H groups in total. The quantitative estimate of drug-likeness (QED) is 0.499.